The quantitative estimate of drug-likeness (QED) is 0.712. The number of hydrogen-bond donors (Lipinski definition) is 3. The highest BCUT2D eigenvalue weighted by Gasteiger charge is 2.24. The Hall–Kier alpha value is -1.73. The molecular weight excluding hydrogens is 226 g/mol. The molecule has 1 aliphatic rings. The predicted molar refractivity (Wildman–Crippen MR) is 72.0 cm³/mol. The van der Waals surface area contributed by atoms with Gasteiger partial charge in [0.15, 0.2) is 0 Å². The van der Waals surface area contributed by atoms with E-state index in [1.54, 1.807) is 12.1 Å². The number of anilines is 2. The summed E-state index contributed by atoms with van der Waals surface area (Å²) in [4.78, 5) is 0. The first-order chi connectivity index (χ1) is 8.74. The molecule has 96 valence electrons. The third-order valence-electron chi connectivity index (χ3n) is 3.67. The van der Waals surface area contributed by atoms with Crippen LogP contribution in [0.4, 0.5) is 11.4 Å². The van der Waals surface area contributed by atoms with E-state index in [4.69, 9.17) is 11.0 Å². The fraction of sp³-hybridized carbons (Fsp3) is 0.500. The molecule has 0 heterocycles. The highest BCUT2D eigenvalue weighted by atomic mass is 16.3. The average molecular weight is 245 g/mol. The second-order valence-electron chi connectivity index (χ2n) is 4.89. The molecule has 1 saturated carbocycles. The minimum Gasteiger partial charge on any atom is -0.398 e. The topological polar surface area (TPSA) is 82.1 Å². The summed E-state index contributed by atoms with van der Waals surface area (Å²) in [6.07, 6.45) is 4.53. The van der Waals surface area contributed by atoms with Crippen molar-refractivity contribution in [2.45, 2.75) is 31.7 Å². The lowest BCUT2D eigenvalue weighted by atomic mass is 9.85. The fourth-order valence-electron chi connectivity index (χ4n) is 2.58. The van der Waals surface area contributed by atoms with Gasteiger partial charge in [-0.2, -0.15) is 5.26 Å². The average Bonchev–Trinajstić information content (AvgIpc) is 2.39. The zero-order valence-electron chi connectivity index (χ0n) is 10.4. The molecule has 0 radical (unpaired) electrons. The van der Waals surface area contributed by atoms with Crippen molar-refractivity contribution < 1.29 is 5.11 Å². The zero-order chi connectivity index (χ0) is 13.0. The van der Waals surface area contributed by atoms with Gasteiger partial charge in [0, 0.05) is 24.3 Å². The van der Waals surface area contributed by atoms with Crippen molar-refractivity contribution in [2.75, 3.05) is 17.7 Å². The molecule has 2 atom stereocenters. The normalized spacial score (nSPS) is 23.3. The van der Waals surface area contributed by atoms with Gasteiger partial charge in [-0.25, -0.2) is 0 Å². The zero-order valence-corrected chi connectivity index (χ0v) is 10.4. The van der Waals surface area contributed by atoms with Crippen LogP contribution in [0, 0.1) is 17.2 Å². The van der Waals surface area contributed by atoms with Gasteiger partial charge in [0.25, 0.3) is 0 Å². The molecule has 4 nitrogen and oxygen atoms in total. The number of nitrogen functional groups attached to an aromatic ring is 1. The van der Waals surface area contributed by atoms with Crippen molar-refractivity contribution in [2.24, 2.45) is 5.92 Å². The second-order valence-corrected chi connectivity index (χ2v) is 4.89. The van der Waals surface area contributed by atoms with Crippen LogP contribution < -0.4 is 11.1 Å². The summed E-state index contributed by atoms with van der Waals surface area (Å²) in [6.45, 7) is 0.226. The summed E-state index contributed by atoms with van der Waals surface area (Å²) in [6, 6.07) is 7.75. The Balaban J connectivity index is 2.08. The molecule has 1 fully saturated rings. The Morgan fingerprint density at radius 3 is 2.83 bits per heavy atom. The first-order valence-electron chi connectivity index (χ1n) is 6.41. The second kappa shape index (κ2) is 5.74. The van der Waals surface area contributed by atoms with Crippen molar-refractivity contribution in [3.63, 3.8) is 0 Å². The summed E-state index contributed by atoms with van der Waals surface area (Å²) >= 11 is 0. The van der Waals surface area contributed by atoms with Gasteiger partial charge in [-0.05, 0) is 31.0 Å². The molecular formula is C14H19N3O. The van der Waals surface area contributed by atoms with Gasteiger partial charge in [-0.1, -0.05) is 12.8 Å². The molecule has 0 bridgehead atoms. The molecule has 2 rings (SSSR count). The number of nitriles is 1. The molecule has 18 heavy (non-hydrogen) atoms. The van der Waals surface area contributed by atoms with Crippen LogP contribution in [0.3, 0.4) is 0 Å². The van der Waals surface area contributed by atoms with Gasteiger partial charge in [0.05, 0.1) is 11.3 Å². The number of hydrogen-bond acceptors (Lipinski definition) is 4. The summed E-state index contributed by atoms with van der Waals surface area (Å²) in [5.74, 6) is 0.315. The van der Waals surface area contributed by atoms with Crippen LogP contribution in [0.15, 0.2) is 18.2 Å². The molecule has 1 aliphatic carbocycles. The smallest absolute Gasteiger partial charge is 0.101 e. The molecule has 0 aliphatic heterocycles. The Kier molecular flexibility index (Phi) is 4.06. The predicted octanol–water partition coefficient (Wildman–Crippen LogP) is 2.10. The van der Waals surface area contributed by atoms with E-state index in [2.05, 4.69) is 11.4 Å². The van der Waals surface area contributed by atoms with Crippen molar-refractivity contribution in [1.29, 1.82) is 5.26 Å². The third-order valence-corrected chi connectivity index (χ3v) is 3.67. The highest BCUT2D eigenvalue weighted by molar-refractivity contribution is 5.62. The van der Waals surface area contributed by atoms with Crippen LogP contribution in [-0.4, -0.2) is 17.8 Å². The van der Waals surface area contributed by atoms with E-state index in [0.29, 0.717) is 23.2 Å². The van der Waals surface area contributed by atoms with E-state index in [-0.39, 0.29) is 6.61 Å². The maximum Gasteiger partial charge on any atom is 0.101 e. The van der Waals surface area contributed by atoms with E-state index >= 15 is 0 Å². The van der Waals surface area contributed by atoms with E-state index < -0.39 is 0 Å². The highest BCUT2D eigenvalue weighted by Crippen LogP contribution is 2.28. The van der Waals surface area contributed by atoms with Crippen LogP contribution in [-0.2, 0) is 0 Å². The van der Waals surface area contributed by atoms with Crippen molar-refractivity contribution >= 4 is 11.4 Å². The lowest BCUT2D eigenvalue weighted by Crippen LogP contribution is -2.34. The third kappa shape index (κ3) is 2.74. The lowest BCUT2D eigenvalue weighted by Gasteiger charge is -2.31. The molecule has 2 unspecified atom stereocenters. The van der Waals surface area contributed by atoms with Gasteiger partial charge in [-0.3, -0.25) is 0 Å². The van der Waals surface area contributed by atoms with Gasteiger partial charge in [0.1, 0.15) is 6.07 Å². The summed E-state index contributed by atoms with van der Waals surface area (Å²) < 4.78 is 0. The van der Waals surface area contributed by atoms with E-state index in [0.717, 1.165) is 18.5 Å². The van der Waals surface area contributed by atoms with Gasteiger partial charge >= 0.3 is 0 Å². The van der Waals surface area contributed by atoms with Crippen LogP contribution in [0.5, 0.6) is 0 Å². The molecule has 1 aromatic rings. The SMILES string of the molecule is N#Cc1ccc(NC2CCCCC2CO)cc1N. The Morgan fingerprint density at radius 2 is 2.17 bits per heavy atom. The minimum atomic E-state index is 0.226. The van der Waals surface area contributed by atoms with Crippen molar-refractivity contribution in [3.05, 3.63) is 23.8 Å². The number of nitrogens with two attached hydrogens (primary N) is 1. The Morgan fingerprint density at radius 1 is 1.39 bits per heavy atom. The Labute approximate surface area is 107 Å². The molecule has 0 spiro atoms. The number of aliphatic hydroxyl groups excluding tert-OH is 1. The molecule has 1 aromatic carbocycles. The number of nitrogens with one attached hydrogen (secondary N) is 1. The molecule has 0 aromatic heterocycles. The first-order valence-corrected chi connectivity index (χ1v) is 6.41. The summed E-state index contributed by atoms with van der Waals surface area (Å²) in [5, 5.41) is 21.6. The summed E-state index contributed by atoms with van der Waals surface area (Å²) in [7, 11) is 0. The largest absolute Gasteiger partial charge is 0.398 e. The molecule has 4 N–H and O–H groups in total. The molecule has 0 saturated heterocycles. The summed E-state index contributed by atoms with van der Waals surface area (Å²) in [5.41, 5.74) is 7.72. The van der Waals surface area contributed by atoms with E-state index in [9.17, 15) is 5.11 Å². The monoisotopic (exact) mass is 245 g/mol. The maximum absolute atomic E-state index is 9.37. The molecule has 4 heteroatoms. The number of aliphatic hydroxyl groups is 1. The van der Waals surface area contributed by atoms with Crippen LogP contribution in [0.1, 0.15) is 31.2 Å². The van der Waals surface area contributed by atoms with Crippen LogP contribution in [0.2, 0.25) is 0 Å². The number of benzene rings is 1. The fourth-order valence-corrected chi connectivity index (χ4v) is 2.58. The van der Waals surface area contributed by atoms with E-state index in [1.807, 2.05) is 6.07 Å². The van der Waals surface area contributed by atoms with Gasteiger partial charge < -0.3 is 16.2 Å². The number of nitrogens with zero attached hydrogens (tertiary/aromatic N) is 1. The Bertz CT molecular complexity index is 453. The van der Waals surface area contributed by atoms with Crippen molar-refractivity contribution in [1.82, 2.24) is 0 Å². The van der Waals surface area contributed by atoms with Crippen LogP contribution in [0.25, 0.3) is 0 Å². The van der Waals surface area contributed by atoms with Gasteiger partial charge in [0.2, 0.25) is 0 Å². The standard InChI is InChI=1S/C14H19N3O/c15-8-10-5-6-12(7-13(10)16)17-14-4-2-1-3-11(14)9-18/h5-7,11,14,17-18H,1-4,9,16H2. The number of rotatable bonds is 3. The molecule has 0 amide bonds. The van der Waals surface area contributed by atoms with E-state index in [1.165, 1.54) is 12.8 Å². The lowest BCUT2D eigenvalue weighted by molar-refractivity contribution is 0.178. The minimum absolute atomic E-state index is 0.226. The first kappa shape index (κ1) is 12.7. The van der Waals surface area contributed by atoms with Crippen LogP contribution >= 0.6 is 0 Å². The van der Waals surface area contributed by atoms with Crippen molar-refractivity contribution in [3.8, 4) is 6.07 Å². The van der Waals surface area contributed by atoms with Gasteiger partial charge in [-0.15, -0.1) is 0 Å². The maximum atomic E-state index is 9.37.